The fourth-order valence-electron chi connectivity index (χ4n) is 4.59. The van der Waals surface area contributed by atoms with E-state index < -0.39 is 11.7 Å². The summed E-state index contributed by atoms with van der Waals surface area (Å²) in [7, 11) is 3.56. The van der Waals surface area contributed by atoms with Crippen LogP contribution in [0.2, 0.25) is 0 Å². The molecule has 6 heteroatoms. The maximum absolute atomic E-state index is 13.9. The van der Waals surface area contributed by atoms with Crippen LogP contribution in [0.3, 0.4) is 0 Å². The Morgan fingerprint density at radius 1 is 1.15 bits per heavy atom. The Morgan fingerprint density at radius 2 is 1.85 bits per heavy atom. The second kappa shape index (κ2) is 7.37. The molecule has 4 aromatic rings. The van der Waals surface area contributed by atoms with Gasteiger partial charge in [0.2, 0.25) is 0 Å². The second-order valence-electron chi connectivity index (χ2n) is 8.93. The number of ether oxygens (including phenoxy) is 2. The van der Waals surface area contributed by atoms with Crippen LogP contribution in [0.1, 0.15) is 26.3 Å². The molecule has 1 aliphatic rings. The average Bonchev–Trinajstić information content (AvgIpc) is 2.79. The molecule has 0 fully saturated rings. The summed E-state index contributed by atoms with van der Waals surface area (Å²) in [5, 5.41) is 3.11. The molecule has 5 rings (SSSR count). The largest absolute Gasteiger partial charge is 0.483 e. The van der Waals surface area contributed by atoms with Gasteiger partial charge in [0.05, 0.1) is 28.7 Å². The van der Waals surface area contributed by atoms with Crippen molar-refractivity contribution in [2.45, 2.75) is 26.4 Å². The molecule has 0 spiro atoms. The highest BCUT2D eigenvalue weighted by molar-refractivity contribution is 6.10. The van der Waals surface area contributed by atoms with Gasteiger partial charge in [-0.2, -0.15) is 0 Å². The van der Waals surface area contributed by atoms with Crippen LogP contribution in [0.25, 0.3) is 38.7 Å². The van der Waals surface area contributed by atoms with Gasteiger partial charge in [-0.05, 0) is 55.8 Å². The lowest BCUT2D eigenvalue weighted by Crippen LogP contribution is -2.31. The number of fused-ring (bicyclic) bond motifs is 5. The lowest BCUT2D eigenvalue weighted by Gasteiger charge is -2.31. The number of benzene rings is 3. The number of pyridine rings is 1. The van der Waals surface area contributed by atoms with Gasteiger partial charge in [0.25, 0.3) is 0 Å². The second-order valence-corrected chi connectivity index (χ2v) is 8.93. The summed E-state index contributed by atoms with van der Waals surface area (Å²) >= 11 is 0. The van der Waals surface area contributed by atoms with Crippen molar-refractivity contribution < 1.29 is 14.3 Å². The van der Waals surface area contributed by atoms with E-state index in [4.69, 9.17) is 9.47 Å². The van der Waals surface area contributed by atoms with Crippen molar-refractivity contribution in [1.82, 2.24) is 4.57 Å². The number of hydrogen-bond donors (Lipinski definition) is 0. The summed E-state index contributed by atoms with van der Waals surface area (Å²) in [6.45, 7) is 5.93. The minimum Gasteiger partial charge on any atom is -0.483 e. The molecule has 33 heavy (non-hydrogen) atoms. The van der Waals surface area contributed by atoms with E-state index in [9.17, 15) is 9.59 Å². The van der Waals surface area contributed by atoms with E-state index in [1.165, 1.54) is 4.90 Å². The highest BCUT2D eigenvalue weighted by atomic mass is 16.6. The summed E-state index contributed by atoms with van der Waals surface area (Å²) in [6, 6.07) is 13.7. The zero-order valence-corrected chi connectivity index (χ0v) is 19.4. The number of aromatic nitrogens is 1. The normalized spacial score (nSPS) is 14.3. The van der Waals surface area contributed by atoms with Crippen LogP contribution in [0.5, 0.6) is 5.75 Å². The molecule has 0 atom stereocenters. The van der Waals surface area contributed by atoms with Gasteiger partial charge in [-0.25, -0.2) is 4.79 Å². The summed E-state index contributed by atoms with van der Waals surface area (Å²) in [5.74, 6) is 0.622. The third-order valence-corrected chi connectivity index (χ3v) is 6.24. The predicted molar refractivity (Wildman–Crippen MR) is 133 cm³/mol. The third-order valence-electron chi connectivity index (χ3n) is 6.24. The van der Waals surface area contributed by atoms with Gasteiger partial charge in [0.1, 0.15) is 11.4 Å². The Balaban J connectivity index is 1.96. The minimum absolute atomic E-state index is 0.129. The van der Waals surface area contributed by atoms with E-state index >= 15 is 0 Å². The number of hydrogen-bond acceptors (Lipinski definition) is 4. The molecule has 0 N–H and O–H groups in total. The van der Waals surface area contributed by atoms with Crippen molar-refractivity contribution >= 4 is 50.4 Å². The van der Waals surface area contributed by atoms with Crippen molar-refractivity contribution in [3.63, 3.8) is 0 Å². The molecule has 3 aromatic carbocycles. The average molecular weight is 443 g/mol. The molecule has 1 aliphatic heterocycles. The third kappa shape index (κ3) is 3.25. The summed E-state index contributed by atoms with van der Waals surface area (Å²) in [4.78, 5) is 28.0. The van der Waals surface area contributed by atoms with Crippen LogP contribution >= 0.6 is 0 Å². The maximum Gasteiger partial charge on any atom is 0.414 e. The summed E-state index contributed by atoms with van der Waals surface area (Å²) in [5.41, 5.74) is 2.19. The van der Waals surface area contributed by atoms with Crippen molar-refractivity contribution in [3.05, 3.63) is 64.3 Å². The molecular formula is C27H26N2O4. The van der Waals surface area contributed by atoms with Gasteiger partial charge < -0.3 is 14.0 Å². The molecule has 1 aromatic heterocycles. The quantitative estimate of drug-likeness (QED) is 0.378. The Hall–Kier alpha value is -3.80. The van der Waals surface area contributed by atoms with Gasteiger partial charge in [-0.1, -0.05) is 24.3 Å². The topological polar surface area (TPSA) is 60.8 Å². The van der Waals surface area contributed by atoms with E-state index in [2.05, 4.69) is 0 Å². The predicted octanol–water partition coefficient (Wildman–Crippen LogP) is 5.62. The van der Waals surface area contributed by atoms with Crippen LogP contribution in [0.15, 0.2) is 53.3 Å². The maximum atomic E-state index is 13.9. The van der Waals surface area contributed by atoms with Crippen LogP contribution in [0, 0.1) is 0 Å². The fourth-order valence-corrected chi connectivity index (χ4v) is 4.59. The van der Waals surface area contributed by atoms with Crippen LogP contribution in [0.4, 0.5) is 10.5 Å². The molecular weight excluding hydrogens is 416 g/mol. The molecule has 6 nitrogen and oxygen atoms in total. The molecule has 0 bridgehead atoms. The van der Waals surface area contributed by atoms with E-state index in [-0.39, 0.29) is 12.0 Å². The van der Waals surface area contributed by atoms with E-state index in [0.29, 0.717) is 22.2 Å². The molecule has 0 saturated heterocycles. The SMILES string of the molecule is CCOC(=O)N(C)c1cc2c(c3c1c(=O)c1cc4ccccc4cc1n3C)C=CC(C)(C)O2. The Kier molecular flexibility index (Phi) is 4.71. The van der Waals surface area contributed by atoms with Gasteiger partial charge in [-0.15, -0.1) is 0 Å². The Bertz CT molecular complexity index is 1550. The zero-order valence-electron chi connectivity index (χ0n) is 19.4. The lowest BCUT2D eigenvalue weighted by atomic mass is 9.96. The monoisotopic (exact) mass is 442 g/mol. The Labute approximate surface area is 191 Å². The molecule has 0 unspecified atom stereocenters. The van der Waals surface area contributed by atoms with Gasteiger partial charge >= 0.3 is 6.09 Å². The molecule has 0 saturated carbocycles. The van der Waals surface area contributed by atoms with Crippen LogP contribution in [-0.4, -0.2) is 29.9 Å². The summed E-state index contributed by atoms with van der Waals surface area (Å²) < 4.78 is 13.5. The smallest absolute Gasteiger partial charge is 0.414 e. The van der Waals surface area contributed by atoms with Crippen molar-refractivity contribution in [1.29, 1.82) is 0 Å². The Morgan fingerprint density at radius 3 is 2.55 bits per heavy atom. The number of anilines is 1. The molecule has 0 radical (unpaired) electrons. The van der Waals surface area contributed by atoms with Crippen molar-refractivity contribution in [2.75, 3.05) is 18.6 Å². The number of carbonyl (C=O) groups is 1. The first-order valence-electron chi connectivity index (χ1n) is 11.0. The van der Waals surface area contributed by atoms with Crippen molar-refractivity contribution in [2.24, 2.45) is 7.05 Å². The summed E-state index contributed by atoms with van der Waals surface area (Å²) in [6.07, 6.45) is 3.46. The molecule has 2 heterocycles. The first-order valence-corrected chi connectivity index (χ1v) is 11.0. The van der Waals surface area contributed by atoms with Crippen LogP contribution in [-0.2, 0) is 11.8 Å². The van der Waals surface area contributed by atoms with E-state index in [1.54, 1.807) is 20.0 Å². The number of rotatable bonds is 2. The van der Waals surface area contributed by atoms with E-state index in [1.807, 2.05) is 74.0 Å². The van der Waals surface area contributed by atoms with E-state index in [0.717, 1.165) is 27.4 Å². The van der Waals surface area contributed by atoms with Gasteiger partial charge in [0, 0.05) is 31.1 Å². The molecule has 168 valence electrons. The zero-order chi connectivity index (χ0) is 23.5. The van der Waals surface area contributed by atoms with Crippen LogP contribution < -0.4 is 15.1 Å². The lowest BCUT2D eigenvalue weighted by molar-refractivity contribution is 0.159. The van der Waals surface area contributed by atoms with Crippen molar-refractivity contribution in [3.8, 4) is 5.75 Å². The first kappa shape index (κ1) is 21.1. The minimum atomic E-state index is -0.523. The van der Waals surface area contributed by atoms with Gasteiger partial charge in [-0.3, -0.25) is 9.69 Å². The number of carbonyl (C=O) groups excluding carboxylic acids is 1. The first-order chi connectivity index (χ1) is 15.7. The highest BCUT2D eigenvalue weighted by Gasteiger charge is 2.29. The number of amides is 1. The molecule has 0 aliphatic carbocycles. The highest BCUT2D eigenvalue weighted by Crippen LogP contribution is 2.41. The van der Waals surface area contributed by atoms with Gasteiger partial charge in [0.15, 0.2) is 5.43 Å². The number of aryl methyl sites for hydroxylation is 1. The standard InChI is InChI=1S/C27H26N2O4/c1-6-32-26(31)29(5)21-15-22-18(11-12-27(2,3)33-22)24-23(21)25(30)19-13-16-9-7-8-10-17(16)14-20(19)28(24)4/h7-15H,6H2,1-5H3. The molecule has 1 amide bonds. The number of nitrogens with zero attached hydrogens (tertiary/aromatic N) is 2. The fraction of sp³-hybridized carbons (Fsp3) is 0.259.